The molecule has 0 saturated heterocycles. The normalized spacial score (nSPS) is 15.1. The van der Waals surface area contributed by atoms with Gasteiger partial charge in [-0.2, -0.15) is 0 Å². The Hall–Kier alpha value is -1.26. The van der Waals surface area contributed by atoms with E-state index in [9.17, 15) is 0 Å². The van der Waals surface area contributed by atoms with Gasteiger partial charge in [0.25, 0.3) is 0 Å². The number of rotatable bonds is 5. The molecule has 0 spiro atoms. The van der Waals surface area contributed by atoms with E-state index in [1.54, 1.807) is 11.3 Å². The van der Waals surface area contributed by atoms with Gasteiger partial charge < -0.3 is 5.32 Å². The van der Waals surface area contributed by atoms with Gasteiger partial charge in [0.05, 0.1) is 5.69 Å². The molecule has 2 heterocycles. The van der Waals surface area contributed by atoms with Crippen molar-refractivity contribution >= 4 is 11.3 Å². The fourth-order valence-electron chi connectivity index (χ4n) is 1.73. The van der Waals surface area contributed by atoms with Crippen molar-refractivity contribution in [1.82, 2.24) is 15.3 Å². The zero-order valence-electron chi connectivity index (χ0n) is 9.60. The van der Waals surface area contributed by atoms with Crippen LogP contribution in [0.15, 0.2) is 29.8 Å². The second-order valence-corrected chi connectivity index (χ2v) is 5.41. The highest BCUT2D eigenvalue weighted by molar-refractivity contribution is 7.09. The highest BCUT2D eigenvalue weighted by Gasteiger charge is 2.20. The minimum Gasteiger partial charge on any atom is -0.308 e. The van der Waals surface area contributed by atoms with Crippen molar-refractivity contribution in [1.29, 1.82) is 0 Å². The molecule has 1 aliphatic carbocycles. The van der Waals surface area contributed by atoms with E-state index in [1.165, 1.54) is 17.7 Å². The summed E-state index contributed by atoms with van der Waals surface area (Å²) in [6.07, 6.45) is 5.33. The molecule has 0 aromatic carbocycles. The van der Waals surface area contributed by atoms with Crippen molar-refractivity contribution in [2.45, 2.75) is 31.8 Å². The van der Waals surface area contributed by atoms with Crippen LogP contribution in [0.2, 0.25) is 0 Å². The monoisotopic (exact) mass is 245 g/mol. The summed E-state index contributed by atoms with van der Waals surface area (Å²) in [6.45, 7) is 0.866. The number of nitrogens with zero attached hydrogens (tertiary/aromatic N) is 2. The summed E-state index contributed by atoms with van der Waals surface area (Å²) in [7, 11) is 0. The molecule has 3 rings (SSSR count). The Labute approximate surface area is 105 Å². The smallest absolute Gasteiger partial charge is 0.133 e. The van der Waals surface area contributed by atoms with Crippen LogP contribution in [0.4, 0.5) is 0 Å². The molecule has 1 saturated carbocycles. The average Bonchev–Trinajstić information content (AvgIpc) is 3.05. The molecule has 88 valence electrons. The van der Waals surface area contributed by atoms with Gasteiger partial charge >= 0.3 is 0 Å². The van der Waals surface area contributed by atoms with Gasteiger partial charge in [-0.25, -0.2) is 9.97 Å². The average molecular weight is 245 g/mol. The lowest BCUT2D eigenvalue weighted by atomic mass is 10.3. The van der Waals surface area contributed by atoms with E-state index in [2.05, 4.69) is 32.8 Å². The first-order chi connectivity index (χ1) is 8.40. The molecule has 17 heavy (non-hydrogen) atoms. The molecule has 0 bridgehead atoms. The maximum atomic E-state index is 4.58. The van der Waals surface area contributed by atoms with Crippen molar-refractivity contribution in [3.8, 4) is 0 Å². The fourth-order valence-corrected chi connectivity index (χ4v) is 2.43. The Bertz CT molecular complexity index is 477. The van der Waals surface area contributed by atoms with Crippen LogP contribution in [0.5, 0.6) is 0 Å². The molecule has 2 aromatic rings. The molecule has 1 fully saturated rings. The minimum absolute atomic E-state index is 0.728. The molecule has 0 atom stereocenters. The summed E-state index contributed by atoms with van der Waals surface area (Å²) >= 11 is 1.76. The first-order valence-corrected chi connectivity index (χ1v) is 6.85. The van der Waals surface area contributed by atoms with Crippen LogP contribution in [0, 0.1) is 0 Å². The summed E-state index contributed by atoms with van der Waals surface area (Å²) < 4.78 is 0. The third-order valence-corrected chi connectivity index (χ3v) is 3.70. The molecule has 4 heteroatoms. The summed E-state index contributed by atoms with van der Waals surface area (Å²) in [6, 6.07) is 6.92. The summed E-state index contributed by atoms with van der Waals surface area (Å²) in [5.41, 5.74) is 1.10. The van der Waals surface area contributed by atoms with Gasteiger partial charge in [0.15, 0.2) is 0 Å². The third kappa shape index (κ3) is 3.11. The van der Waals surface area contributed by atoms with Gasteiger partial charge in [-0.05, 0) is 30.4 Å². The van der Waals surface area contributed by atoms with E-state index in [4.69, 9.17) is 0 Å². The van der Waals surface area contributed by atoms with Crippen LogP contribution in [-0.2, 0) is 13.0 Å². The first-order valence-electron chi connectivity index (χ1n) is 5.97. The van der Waals surface area contributed by atoms with Gasteiger partial charge in [-0.1, -0.05) is 6.07 Å². The summed E-state index contributed by atoms with van der Waals surface area (Å²) in [4.78, 5) is 10.2. The second kappa shape index (κ2) is 4.94. The van der Waals surface area contributed by atoms with Gasteiger partial charge in [0, 0.05) is 30.1 Å². The van der Waals surface area contributed by atoms with Crippen molar-refractivity contribution in [3.63, 3.8) is 0 Å². The lowest BCUT2D eigenvalue weighted by molar-refractivity contribution is 0.669. The lowest BCUT2D eigenvalue weighted by Crippen LogP contribution is -2.16. The van der Waals surface area contributed by atoms with Gasteiger partial charge in [0.1, 0.15) is 5.82 Å². The molecule has 2 aromatic heterocycles. The van der Waals surface area contributed by atoms with Crippen molar-refractivity contribution in [3.05, 3.63) is 46.2 Å². The highest BCUT2D eigenvalue weighted by atomic mass is 32.1. The first kappa shape index (κ1) is 10.9. The quantitative estimate of drug-likeness (QED) is 0.879. The second-order valence-electron chi connectivity index (χ2n) is 4.38. The van der Waals surface area contributed by atoms with Crippen molar-refractivity contribution in [2.75, 3.05) is 0 Å². The lowest BCUT2D eigenvalue weighted by Gasteiger charge is -2.04. The Morgan fingerprint density at radius 3 is 3.06 bits per heavy atom. The molecule has 0 aliphatic heterocycles. The van der Waals surface area contributed by atoms with Gasteiger partial charge in [-0.3, -0.25) is 0 Å². The van der Waals surface area contributed by atoms with Crippen molar-refractivity contribution < 1.29 is 0 Å². The largest absolute Gasteiger partial charge is 0.308 e. The van der Waals surface area contributed by atoms with Crippen molar-refractivity contribution in [2.24, 2.45) is 0 Å². The van der Waals surface area contributed by atoms with E-state index in [1.807, 2.05) is 12.3 Å². The van der Waals surface area contributed by atoms with Gasteiger partial charge in [0.2, 0.25) is 0 Å². The number of thiophene rings is 1. The highest BCUT2D eigenvalue weighted by Crippen LogP contribution is 2.19. The molecular weight excluding hydrogens is 230 g/mol. The zero-order chi connectivity index (χ0) is 11.5. The predicted molar refractivity (Wildman–Crippen MR) is 69.0 cm³/mol. The predicted octanol–water partition coefficient (Wildman–Crippen LogP) is 2.38. The van der Waals surface area contributed by atoms with Crippen LogP contribution < -0.4 is 5.32 Å². The van der Waals surface area contributed by atoms with Crippen LogP contribution >= 0.6 is 11.3 Å². The molecule has 1 N–H and O–H groups in total. The van der Waals surface area contributed by atoms with Gasteiger partial charge in [-0.15, -0.1) is 11.3 Å². The van der Waals surface area contributed by atoms with E-state index >= 15 is 0 Å². The maximum absolute atomic E-state index is 4.58. The summed E-state index contributed by atoms with van der Waals surface area (Å²) in [5.74, 6) is 0.919. The molecule has 0 unspecified atom stereocenters. The SMILES string of the molecule is c1csc(Cc2nccc(CNC3CC3)n2)c1. The number of hydrogen-bond acceptors (Lipinski definition) is 4. The van der Waals surface area contributed by atoms with Crippen LogP contribution in [0.1, 0.15) is 29.2 Å². The molecule has 1 aliphatic rings. The van der Waals surface area contributed by atoms with Crippen LogP contribution in [0.25, 0.3) is 0 Å². The Morgan fingerprint density at radius 1 is 1.35 bits per heavy atom. The van der Waals surface area contributed by atoms with E-state index in [-0.39, 0.29) is 0 Å². The van der Waals surface area contributed by atoms with Crippen LogP contribution in [-0.4, -0.2) is 16.0 Å². The van der Waals surface area contributed by atoms with E-state index in [0.29, 0.717) is 0 Å². The molecule has 3 nitrogen and oxygen atoms in total. The molecule has 0 amide bonds. The summed E-state index contributed by atoms with van der Waals surface area (Å²) in [5, 5.41) is 5.56. The molecular formula is C13H15N3S. The number of hydrogen-bond donors (Lipinski definition) is 1. The van der Waals surface area contributed by atoms with E-state index in [0.717, 1.165) is 30.5 Å². The number of nitrogens with one attached hydrogen (secondary N) is 1. The standard InChI is InChI=1S/C13H15N3S/c1-2-12(17-7-1)8-13-14-6-5-11(16-13)9-15-10-3-4-10/h1-2,5-7,10,15H,3-4,8-9H2. The Morgan fingerprint density at radius 2 is 2.29 bits per heavy atom. The number of aromatic nitrogens is 2. The van der Waals surface area contributed by atoms with E-state index < -0.39 is 0 Å². The topological polar surface area (TPSA) is 37.8 Å². The van der Waals surface area contributed by atoms with Crippen LogP contribution in [0.3, 0.4) is 0 Å². The Kier molecular flexibility index (Phi) is 3.16. The zero-order valence-corrected chi connectivity index (χ0v) is 10.4. The maximum Gasteiger partial charge on any atom is 0.133 e. The third-order valence-electron chi connectivity index (χ3n) is 2.82. The molecule has 0 radical (unpaired) electrons. The Balaban J connectivity index is 1.65. The fraction of sp³-hybridized carbons (Fsp3) is 0.385. The minimum atomic E-state index is 0.728.